The van der Waals surface area contributed by atoms with Crippen LogP contribution < -0.4 is 14.2 Å². The molecule has 1 aliphatic heterocycles. The van der Waals surface area contributed by atoms with Gasteiger partial charge in [-0.05, 0) is 23.6 Å². The van der Waals surface area contributed by atoms with Gasteiger partial charge in [-0.15, -0.1) is 11.3 Å². The normalized spacial score (nSPS) is 14.0. The summed E-state index contributed by atoms with van der Waals surface area (Å²) in [5.74, 6) is 1.31. The van der Waals surface area contributed by atoms with Gasteiger partial charge in [-0.2, -0.15) is 0 Å². The van der Waals surface area contributed by atoms with E-state index < -0.39 is 0 Å². The molecule has 150 valence electrons. The lowest BCUT2D eigenvalue weighted by Crippen LogP contribution is -2.51. The van der Waals surface area contributed by atoms with Crippen LogP contribution in [0.15, 0.2) is 29.6 Å². The lowest BCUT2D eigenvalue weighted by Gasteiger charge is -2.35. The minimum atomic E-state index is -0.121. The predicted molar refractivity (Wildman–Crippen MR) is 107 cm³/mol. The van der Waals surface area contributed by atoms with Crippen molar-refractivity contribution in [2.45, 2.75) is 6.42 Å². The fourth-order valence-electron chi connectivity index (χ4n) is 3.22. The SMILES string of the molecule is COc1cc(C(=O)N2CCN(C(=O)Cc3cccs3)CC2)cc(OC)c1OC. The topological polar surface area (TPSA) is 68.3 Å². The van der Waals surface area contributed by atoms with Crippen molar-refractivity contribution < 1.29 is 23.8 Å². The molecule has 2 aromatic rings. The van der Waals surface area contributed by atoms with Crippen LogP contribution in [0.4, 0.5) is 0 Å². The molecule has 0 spiro atoms. The third-order valence-corrected chi connectivity index (χ3v) is 5.61. The highest BCUT2D eigenvalue weighted by atomic mass is 32.1. The Morgan fingerprint density at radius 2 is 1.57 bits per heavy atom. The first-order valence-corrected chi connectivity index (χ1v) is 9.84. The van der Waals surface area contributed by atoms with Crippen molar-refractivity contribution in [3.8, 4) is 17.2 Å². The van der Waals surface area contributed by atoms with Crippen molar-refractivity contribution >= 4 is 23.2 Å². The summed E-state index contributed by atoms with van der Waals surface area (Å²) in [5.41, 5.74) is 0.466. The number of carbonyl (C=O) groups excluding carboxylic acids is 2. The fraction of sp³-hybridized carbons (Fsp3) is 0.400. The van der Waals surface area contributed by atoms with Crippen molar-refractivity contribution in [2.24, 2.45) is 0 Å². The Bertz CT molecular complexity index is 804. The number of benzene rings is 1. The number of rotatable bonds is 6. The zero-order valence-corrected chi connectivity index (χ0v) is 17.1. The molecule has 2 amide bonds. The van der Waals surface area contributed by atoms with E-state index in [2.05, 4.69) is 0 Å². The van der Waals surface area contributed by atoms with Crippen LogP contribution >= 0.6 is 11.3 Å². The van der Waals surface area contributed by atoms with Crippen LogP contribution in [-0.2, 0) is 11.2 Å². The molecule has 8 heteroatoms. The highest BCUT2D eigenvalue weighted by Gasteiger charge is 2.26. The molecule has 3 rings (SSSR count). The molecular weight excluding hydrogens is 380 g/mol. The molecule has 7 nitrogen and oxygen atoms in total. The molecule has 1 saturated heterocycles. The Kier molecular flexibility index (Phi) is 6.41. The Hall–Kier alpha value is -2.74. The summed E-state index contributed by atoms with van der Waals surface area (Å²) >= 11 is 1.58. The molecule has 0 aliphatic carbocycles. The number of hydrogen-bond acceptors (Lipinski definition) is 6. The second-order valence-corrected chi connectivity index (χ2v) is 7.38. The molecule has 1 aliphatic rings. The smallest absolute Gasteiger partial charge is 0.254 e. The van der Waals surface area contributed by atoms with E-state index in [0.717, 1.165) is 4.88 Å². The van der Waals surface area contributed by atoms with Crippen molar-refractivity contribution in [3.05, 3.63) is 40.1 Å². The summed E-state index contributed by atoms with van der Waals surface area (Å²) in [6, 6.07) is 7.21. The quantitative estimate of drug-likeness (QED) is 0.739. The van der Waals surface area contributed by atoms with Gasteiger partial charge >= 0.3 is 0 Å². The summed E-state index contributed by atoms with van der Waals surface area (Å²) in [5, 5.41) is 1.97. The fourth-order valence-corrected chi connectivity index (χ4v) is 3.92. The Labute approximate surface area is 168 Å². The van der Waals surface area contributed by atoms with Gasteiger partial charge in [0.25, 0.3) is 5.91 Å². The van der Waals surface area contributed by atoms with Crippen LogP contribution in [0.25, 0.3) is 0 Å². The minimum Gasteiger partial charge on any atom is -0.493 e. The van der Waals surface area contributed by atoms with Crippen LogP contribution in [0.1, 0.15) is 15.2 Å². The van der Waals surface area contributed by atoms with Gasteiger partial charge in [-0.3, -0.25) is 9.59 Å². The van der Waals surface area contributed by atoms with Gasteiger partial charge < -0.3 is 24.0 Å². The molecule has 0 N–H and O–H groups in total. The maximum Gasteiger partial charge on any atom is 0.254 e. The number of hydrogen-bond donors (Lipinski definition) is 0. The number of carbonyl (C=O) groups is 2. The van der Waals surface area contributed by atoms with E-state index in [9.17, 15) is 9.59 Å². The average Bonchev–Trinajstić information content (AvgIpc) is 3.25. The molecule has 1 fully saturated rings. The third-order valence-electron chi connectivity index (χ3n) is 4.74. The van der Waals surface area contributed by atoms with E-state index >= 15 is 0 Å². The highest BCUT2D eigenvalue weighted by molar-refractivity contribution is 7.10. The molecule has 0 saturated carbocycles. The van der Waals surface area contributed by atoms with Gasteiger partial charge in [-0.1, -0.05) is 6.07 Å². The standard InChI is InChI=1S/C20H24N2O5S/c1-25-16-11-14(12-17(26-2)19(16)27-3)20(24)22-8-6-21(7-9-22)18(23)13-15-5-4-10-28-15/h4-5,10-12H,6-9,13H2,1-3H3. The van der Waals surface area contributed by atoms with Crippen molar-refractivity contribution in [2.75, 3.05) is 47.5 Å². The van der Waals surface area contributed by atoms with Crippen molar-refractivity contribution in [1.29, 1.82) is 0 Å². The molecule has 2 heterocycles. The van der Waals surface area contributed by atoms with Gasteiger partial charge in [0.1, 0.15) is 0 Å². The van der Waals surface area contributed by atoms with Crippen LogP contribution in [0.5, 0.6) is 17.2 Å². The second kappa shape index (κ2) is 8.97. The van der Waals surface area contributed by atoms with Crippen LogP contribution in [0.3, 0.4) is 0 Å². The predicted octanol–water partition coefficient (Wildman–Crippen LogP) is 2.30. The second-order valence-electron chi connectivity index (χ2n) is 6.34. The molecule has 28 heavy (non-hydrogen) atoms. The van der Waals surface area contributed by atoms with E-state index in [0.29, 0.717) is 55.4 Å². The molecular formula is C20H24N2O5S. The van der Waals surface area contributed by atoms with Gasteiger partial charge in [0.2, 0.25) is 11.7 Å². The van der Waals surface area contributed by atoms with Crippen molar-refractivity contribution in [3.63, 3.8) is 0 Å². The maximum atomic E-state index is 12.9. The zero-order chi connectivity index (χ0) is 20.1. The van der Waals surface area contributed by atoms with Gasteiger partial charge in [0, 0.05) is 36.6 Å². The Morgan fingerprint density at radius 3 is 2.07 bits per heavy atom. The monoisotopic (exact) mass is 404 g/mol. The molecule has 0 unspecified atom stereocenters. The van der Waals surface area contributed by atoms with Gasteiger partial charge in [0.15, 0.2) is 11.5 Å². The number of ether oxygens (including phenoxy) is 3. The number of amides is 2. The van der Waals surface area contributed by atoms with Crippen LogP contribution in [-0.4, -0.2) is 69.1 Å². The first-order valence-electron chi connectivity index (χ1n) is 8.96. The lowest BCUT2D eigenvalue weighted by atomic mass is 10.1. The van der Waals surface area contributed by atoms with Crippen LogP contribution in [0, 0.1) is 0 Å². The number of nitrogens with zero attached hydrogens (tertiary/aromatic N) is 2. The highest BCUT2D eigenvalue weighted by Crippen LogP contribution is 2.38. The maximum absolute atomic E-state index is 12.9. The van der Waals surface area contributed by atoms with E-state index in [1.165, 1.54) is 21.3 Å². The Morgan fingerprint density at radius 1 is 0.964 bits per heavy atom. The Balaban J connectivity index is 1.66. The first-order chi connectivity index (χ1) is 13.6. The van der Waals surface area contributed by atoms with E-state index in [1.54, 1.807) is 28.4 Å². The van der Waals surface area contributed by atoms with Crippen LogP contribution in [0.2, 0.25) is 0 Å². The lowest BCUT2D eigenvalue weighted by molar-refractivity contribution is -0.131. The molecule has 1 aromatic carbocycles. The van der Waals surface area contributed by atoms with Gasteiger partial charge in [0.05, 0.1) is 27.8 Å². The summed E-state index contributed by atoms with van der Waals surface area (Å²) in [4.78, 5) is 30.0. The van der Waals surface area contributed by atoms with Crippen molar-refractivity contribution in [1.82, 2.24) is 9.80 Å². The number of piperazine rings is 1. The van der Waals surface area contributed by atoms with E-state index in [4.69, 9.17) is 14.2 Å². The van der Waals surface area contributed by atoms with E-state index in [1.807, 2.05) is 22.4 Å². The average molecular weight is 404 g/mol. The third kappa shape index (κ3) is 4.22. The molecule has 0 atom stereocenters. The first kappa shape index (κ1) is 20.0. The molecule has 1 aromatic heterocycles. The zero-order valence-electron chi connectivity index (χ0n) is 16.3. The molecule has 0 radical (unpaired) electrons. The molecule has 0 bridgehead atoms. The summed E-state index contributed by atoms with van der Waals surface area (Å²) in [6.45, 7) is 2.04. The van der Waals surface area contributed by atoms with Gasteiger partial charge in [-0.25, -0.2) is 0 Å². The number of methoxy groups -OCH3 is 3. The largest absolute Gasteiger partial charge is 0.493 e. The summed E-state index contributed by atoms with van der Waals surface area (Å²) in [7, 11) is 4.56. The minimum absolute atomic E-state index is 0.0994. The number of thiophene rings is 1. The van der Waals surface area contributed by atoms with E-state index in [-0.39, 0.29) is 11.8 Å². The summed E-state index contributed by atoms with van der Waals surface area (Å²) < 4.78 is 16.0. The summed E-state index contributed by atoms with van der Waals surface area (Å²) in [6.07, 6.45) is 0.415.